The number of hydrogen-bond acceptors (Lipinski definition) is 3. The molecule has 14 heavy (non-hydrogen) atoms. The van der Waals surface area contributed by atoms with Crippen LogP contribution in [0.25, 0.3) is 0 Å². The number of halogens is 1. The van der Waals surface area contributed by atoms with E-state index >= 15 is 0 Å². The maximum absolute atomic E-state index is 11.3. The van der Waals surface area contributed by atoms with Crippen molar-refractivity contribution in [2.24, 2.45) is 0 Å². The maximum Gasteiger partial charge on any atom is 0.277 e. The number of hydroxylamine groups is 1. The van der Waals surface area contributed by atoms with E-state index in [9.17, 15) is 4.79 Å². The zero-order valence-corrected chi connectivity index (χ0v) is 7.91. The van der Waals surface area contributed by atoms with E-state index < -0.39 is 5.91 Å². The van der Waals surface area contributed by atoms with Crippen LogP contribution < -0.4 is 5.48 Å². The number of carbonyl (C=O) groups is 1. The summed E-state index contributed by atoms with van der Waals surface area (Å²) in [6, 6.07) is 1.51. The van der Waals surface area contributed by atoms with E-state index in [0.717, 1.165) is 0 Å². The summed E-state index contributed by atoms with van der Waals surface area (Å²) >= 11 is 5.74. The Morgan fingerprint density at radius 2 is 2.57 bits per heavy atom. The van der Waals surface area contributed by atoms with E-state index in [2.05, 4.69) is 21.2 Å². The van der Waals surface area contributed by atoms with Crippen LogP contribution >= 0.6 is 11.6 Å². The molecule has 0 aliphatic carbocycles. The first-order valence-corrected chi connectivity index (χ1v) is 4.08. The van der Waals surface area contributed by atoms with Crippen molar-refractivity contribution in [2.45, 2.75) is 0 Å². The van der Waals surface area contributed by atoms with Gasteiger partial charge in [0.15, 0.2) is 0 Å². The van der Waals surface area contributed by atoms with Crippen molar-refractivity contribution in [1.29, 1.82) is 0 Å². The first kappa shape index (κ1) is 10.5. The standard InChI is InChI=1S/C9H7ClN2O2/c1-2-5-14-12-9(13)7-6-11-4-3-8(7)10/h1,3-4,6H,5H2,(H,12,13). The molecule has 1 amide bonds. The molecule has 0 atom stereocenters. The van der Waals surface area contributed by atoms with Crippen LogP contribution in [0.2, 0.25) is 5.02 Å². The largest absolute Gasteiger partial charge is 0.277 e. The number of terminal acetylenes is 1. The van der Waals surface area contributed by atoms with Crippen LogP contribution in [0.1, 0.15) is 10.4 Å². The molecular weight excluding hydrogens is 204 g/mol. The Morgan fingerprint density at radius 3 is 3.21 bits per heavy atom. The molecule has 0 saturated heterocycles. The number of nitrogens with zero attached hydrogens (tertiary/aromatic N) is 1. The molecule has 1 aromatic heterocycles. The smallest absolute Gasteiger partial charge is 0.267 e. The van der Waals surface area contributed by atoms with Gasteiger partial charge in [-0.15, -0.1) is 6.42 Å². The summed E-state index contributed by atoms with van der Waals surface area (Å²) in [5.74, 6) is 1.73. The summed E-state index contributed by atoms with van der Waals surface area (Å²) in [6.45, 7) is 0.00359. The van der Waals surface area contributed by atoms with Crippen LogP contribution in [0.5, 0.6) is 0 Å². The van der Waals surface area contributed by atoms with E-state index in [-0.39, 0.29) is 12.2 Å². The fourth-order valence-electron chi connectivity index (χ4n) is 0.743. The van der Waals surface area contributed by atoms with Gasteiger partial charge in [-0.2, -0.15) is 0 Å². The van der Waals surface area contributed by atoms with Gasteiger partial charge in [0.05, 0.1) is 10.6 Å². The monoisotopic (exact) mass is 210 g/mol. The normalized spacial score (nSPS) is 9.14. The van der Waals surface area contributed by atoms with E-state index in [1.807, 2.05) is 0 Å². The second-order valence-electron chi connectivity index (χ2n) is 2.28. The van der Waals surface area contributed by atoms with Gasteiger partial charge in [0, 0.05) is 12.4 Å². The predicted molar refractivity (Wildman–Crippen MR) is 51.5 cm³/mol. The molecule has 0 radical (unpaired) electrons. The van der Waals surface area contributed by atoms with Gasteiger partial charge in [-0.1, -0.05) is 17.5 Å². The van der Waals surface area contributed by atoms with Gasteiger partial charge in [0.2, 0.25) is 0 Å². The minimum absolute atomic E-state index is 0.00359. The van der Waals surface area contributed by atoms with Crippen molar-refractivity contribution in [1.82, 2.24) is 10.5 Å². The Kier molecular flexibility index (Phi) is 3.92. The van der Waals surface area contributed by atoms with Crippen molar-refractivity contribution in [3.05, 3.63) is 29.0 Å². The molecule has 4 nitrogen and oxygen atoms in total. The zero-order valence-electron chi connectivity index (χ0n) is 7.16. The van der Waals surface area contributed by atoms with Gasteiger partial charge in [-0.05, 0) is 6.07 Å². The summed E-state index contributed by atoms with van der Waals surface area (Å²) in [5, 5.41) is 0.307. The van der Waals surface area contributed by atoms with Crippen LogP contribution in [-0.2, 0) is 4.84 Å². The highest BCUT2D eigenvalue weighted by Gasteiger charge is 2.09. The number of aromatic nitrogens is 1. The number of pyridine rings is 1. The van der Waals surface area contributed by atoms with Crippen molar-refractivity contribution >= 4 is 17.5 Å². The number of hydrogen-bond donors (Lipinski definition) is 1. The number of nitrogens with one attached hydrogen (secondary N) is 1. The van der Waals surface area contributed by atoms with E-state index in [0.29, 0.717) is 5.02 Å². The Balaban J connectivity index is 2.62. The van der Waals surface area contributed by atoms with Gasteiger partial charge in [-0.3, -0.25) is 14.6 Å². The Hall–Kier alpha value is -1.57. The quantitative estimate of drug-likeness (QED) is 0.461. The first-order chi connectivity index (χ1) is 6.75. The van der Waals surface area contributed by atoms with E-state index in [1.165, 1.54) is 18.5 Å². The van der Waals surface area contributed by atoms with Crippen molar-refractivity contribution < 1.29 is 9.63 Å². The predicted octanol–water partition coefficient (Wildman–Crippen LogP) is 1.03. The molecule has 1 aromatic rings. The lowest BCUT2D eigenvalue weighted by molar-refractivity contribution is 0.0438. The summed E-state index contributed by atoms with van der Waals surface area (Å²) in [4.78, 5) is 19.7. The second kappa shape index (κ2) is 5.22. The maximum atomic E-state index is 11.3. The summed E-state index contributed by atoms with van der Waals surface area (Å²) in [7, 11) is 0. The van der Waals surface area contributed by atoms with Gasteiger partial charge in [0.25, 0.3) is 5.91 Å². The van der Waals surface area contributed by atoms with Crippen LogP contribution in [0.3, 0.4) is 0 Å². The van der Waals surface area contributed by atoms with Crippen LogP contribution in [0, 0.1) is 12.3 Å². The van der Waals surface area contributed by atoms with Gasteiger partial charge in [0.1, 0.15) is 6.61 Å². The molecule has 1 N–H and O–H groups in total. The van der Waals surface area contributed by atoms with Crippen molar-refractivity contribution in [3.8, 4) is 12.3 Å². The van der Waals surface area contributed by atoms with Crippen molar-refractivity contribution in [2.75, 3.05) is 6.61 Å². The molecule has 0 saturated carbocycles. The number of amides is 1. The SMILES string of the molecule is C#CCONC(=O)c1cnccc1Cl. The molecule has 72 valence electrons. The van der Waals surface area contributed by atoms with Crippen molar-refractivity contribution in [3.63, 3.8) is 0 Å². The lowest BCUT2D eigenvalue weighted by Crippen LogP contribution is -2.24. The molecule has 0 aliphatic heterocycles. The third-order valence-corrected chi connectivity index (χ3v) is 1.66. The summed E-state index contributed by atoms with van der Waals surface area (Å²) < 4.78 is 0. The topological polar surface area (TPSA) is 51.2 Å². The zero-order chi connectivity index (χ0) is 10.4. The highest BCUT2D eigenvalue weighted by molar-refractivity contribution is 6.33. The second-order valence-corrected chi connectivity index (χ2v) is 2.69. The lowest BCUT2D eigenvalue weighted by atomic mass is 10.3. The third kappa shape index (κ3) is 2.73. The molecular formula is C9H7ClN2O2. The van der Waals surface area contributed by atoms with Crippen LogP contribution in [0.15, 0.2) is 18.5 Å². The minimum Gasteiger partial charge on any atom is -0.267 e. The molecule has 1 heterocycles. The molecule has 5 heteroatoms. The molecule has 0 fully saturated rings. The number of rotatable bonds is 3. The van der Waals surface area contributed by atoms with Crippen LogP contribution in [-0.4, -0.2) is 17.5 Å². The fourth-order valence-corrected chi connectivity index (χ4v) is 0.934. The molecule has 0 bridgehead atoms. The van der Waals surface area contributed by atoms with Gasteiger partial charge in [-0.25, -0.2) is 5.48 Å². The fraction of sp³-hybridized carbons (Fsp3) is 0.111. The summed E-state index contributed by atoms with van der Waals surface area (Å²) in [6.07, 6.45) is 7.75. The molecule has 1 rings (SSSR count). The molecule has 0 aliphatic rings. The highest BCUT2D eigenvalue weighted by atomic mass is 35.5. The molecule has 0 unspecified atom stereocenters. The average Bonchev–Trinajstić information content (AvgIpc) is 2.18. The van der Waals surface area contributed by atoms with E-state index in [1.54, 1.807) is 0 Å². The van der Waals surface area contributed by atoms with Crippen LogP contribution in [0.4, 0.5) is 0 Å². The Labute approximate surface area is 86.2 Å². The average molecular weight is 211 g/mol. The van der Waals surface area contributed by atoms with Gasteiger partial charge < -0.3 is 0 Å². The molecule has 0 aromatic carbocycles. The highest BCUT2D eigenvalue weighted by Crippen LogP contribution is 2.12. The molecule has 0 spiro atoms. The Morgan fingerprint density at radius 1 is 1.79 bits per heavy atom. The van der Waals surface area contributed by atoms with E-state index in [4.69, 9.17) is 18.0 Å². The Bertz CT molecular complexity index is 373. The lowest BCUT2D eigenvalue weighted by Gasteiger charge is -2.03. The number of carbonyl (C=O) groups excluding carboxylic acids is 1. The van der Waals surface area contributed by atoms with Gasteiger partial charge >= 0.3 is 0 Å². The third-order valence-electron chi connectivity index (χ3n) is 1.33. The minimum atomic E-state index is -0.474. The first-order valence-electron chi connectivity index (χ1n) is 3.71. The summed E-state index contributed by atoms with van der Waals surface area (Å²) in [5.41, 5.74) is 2.38.